The molecule has 2 aromatic carbocycles. The Balaban J connectivity index is 2.52. The van der Waals surface area contributed by atoms with Gasteiger partial charge in [-0.1, -0.05) is 35.9 Å². The van der Waals surface area contributed by atoms with Crippen molar-refractivity contribution in [3.05, 3.63) is 83.4 Å². The second-order valence-electron chi connectivity index (χ2n) is 5.65. The maximum absolute atomic E-state index is 12.3. The number of hydrogen-bond acceptors (Lipinski definition) is 4. The summed E-state index contributed by atoms with van der Waals surface area (Å²) in [5.41, 5.74) is 2.06. The van der Waals surface area contributed by atoms with Crippen LogP contribution in [0.4, 0.5) is 0 Å². The summed E-state index contributed by atoms with van der Waals surface area (Å²) in [6, 6.07) is 9.99. The highest BCUT2D eigenvalue weighted by atomic mass is 35.5. The van der Waals surface area contributed by atoms with Crippen LogP contribution >= 0.6 is 11.6 Å². The molecule has 5 heteroatoms. The molecule has 1 unspecified atom stereocenters. The van der Waals surface area contributed by atoms with Gasteiger partial charge in [-0.3, -0.25) is 0 Å². The van der Waals surface area contributed by atoms with Crippen molar-refractivity contribution >= 4 is 17.6 Å². The van der Waals surface area contributed by atoms with Gasteiger partial charge >= 0.3 is 5.97 Å². The van der Waals surface area contributed by atoms with Gasteiger partial charge in [-0.25, -0.2) is 4.79 Å². The monoisotopic (exact) mass is 372 g/mol. The minimum absolute atomic E-state index is 0.118. The molecule has 0 aliphatic heterocycles. The molecule has 26 heavy (non-hydrogen) atoms. The largest absolute Gasteiger partial charge is 0.508 e. The Hall–Kier alpha value is -2.72. The van der Waals surface area contributed by atoms with Crippen LogP contribution in [0.1, 0.15) is 22.8 Å². The number of phenols is 1. The molecule has 0 saturated heterocycles. The molecule has 0 saturated carbocycles. The first kappa shape index (κ1) is 19.6. The van der Waals surface area contributed by atoms with Gasteiger partial charge in [0.25, 0.3) is 0 Å². The molecule has 0 amide bonds. The number of esters is 1. The van der Waals surface area contributed by atoms with Gasteiger partial charge in [0.15, 0.2) is 0 Å². The van der Waals surface area contributed by atoms with Gasteiger partial charge in [0.2, 0.25) is 6.10 Å². The van der Waals surface area contributed by atoms with Crippen molar-refractivity contribution in [3.63, 3.8) is 0 Å². The van der Waals surface area contributed by atoms with Crippen molar-refractivity contribution in [3.8, 4) is 11.5 Å². The van der Waals surface area contributed by atoms with E-state index in [-0.39, 0.29) is 5.75 Å². The second-order valence-corrected chi connectivity index (χ2v) is 6.09. The fourth-order valence-corrected chi connectivity index (χ4v) is 2.74. The van der Waals surface area contributed by atoms with Crippen LogP contribution in [0.25, 0.3) is 0 Å². The summed E-state index contributed by atoms with van der Waals surface area (Å²) < 4.78 is 11.0. The van der Waals surface area contributed by atoms with Gasteiger partial charge < -0.3 is 14.6 Å². The zero-order chi connectivity index (χ0) is 19.1. The molecule has 0 aliphatic carbocycles. The molecule has 0 aromatic heterocycles. The first-order chi connectivity index (χ1) is 12.5. The summed E-state index contributed by atoms with van der Waals surface area (Å²) in [4.78, 5) is 12.3. The lowest BCUT2D eigenvalue weighted by molar-refractivity contribution is -0.149. The summed E-state index contributed by atoms with van der Waals surface area (Å²) in [7, 11) is 1.31. The summed E-state index contributed by atoms with van der Waals surface area (Å²) in [6.45, 7) is 7.47. The van der Waals surface area contributed by atoms with E-state index in [1.807, 2.05) is 0 Å². The molecule has 0 heterocycles. The molecule has 2 aromatic rings. The van der Waals surface area contributed by atoms with Crippen molar-refractivity contribution in [2.24, 2.45) is 0 Å². The van der Waals surface area contributed by atoms with E-state index in [2.05, 4.69) is 13.2 Å². The van der Waals surface area contributed by atoms with Crippen LogP contribution in [-0.4, -0.2) is 18.2 Å². The Bertz CT molecular complexity index is 765. The highest BCUT2D eigenvalue weighted by Gasteiger charge is 2.26. The zero-order valence-electron chi connectivity index (χ0n) is 14.6. The number of phenolic OH excluding ortho intramolecular Hbond substituents is 1. The molecular formula is C21H21ClO4. The van der Waals surface area contributed by atoms with Crippen molar-refractivity contribution in [2.75, 3.05) is 7.11 Å². The summed E-state index contributed by atoms with van der Waals surface area (Å²) in [5.74, 6) is 0.0922. The first-order valence-corrected chi connectivity index (χ1v) is 8.44. The molecule has 0 radical (unpaired) electrons. The maximum Gasteiger partial charge on any atom is 0.351 e. The number of aromatic hydroxyl groups is 1. The Labute approximate surface area is 158 Å². The molecule has 136 valence electrons. The van der Waals surface area contributed by atoms with E-state index in [1.165, 1.54) is 7.11 Å². The summed E-state index contributed by atoms with van der Waals surface area (Å²) in [5, 5.41) is 10.5. The van der Waals surface area contributed by atoms with Crippen LogP contribution < -0.4 is 4.74 Å². The lowest BCUT2D eigenvalue weighted by Gasteiger charge is -2.22. The average molecular weight is 373 g/mol. The Morgan fingerprint density at radius 2 is 1.69 bits per heavy atom. The Kier molecular flexibility index (Phi) is 6.87. The lowest BCUT2D eigenvalue weighted by Crippen LogP contribution is -2.21. The van der Waals surface area contributed by atoms with Gasteiger partial charge in [-0.05, 0) is 37.1 Å². The molecule has 4 nitrogen and oxygen atoms in total. The number of ether oxygens (including phenoxy) is 2. The third-order valence-corrected chi connectivity index (χ3v) is 4.03. The minimum atomic E-state index is -0.964. The molecule has 1 atom stereocenters. The number of carbonyl (C=O) groups excluding carboxylic acids is 1. The van der Waals surface area contributed by atoms with Crippen LogP contribution in [0.2, 0.25) is 5.02 Å². The maximum atomic E-state index is 12.3. The first-order valence-electron chi connectivity index (χ1n) is 8.06. The van der Waals surface area contributed by atoms with Crippen molar-refractivity contribution in [2.45, 2.75) is 18.9 Å². The van der Waals surface area contributed by atoms with Crippen LogP contribution in [-0.2, 0) is 22.4 Å². The zero-order valence-corrected chi connectivity index (χ0v) is 15.3. The molecular weight excluding hydrogens is 352 g/mol. The highest BCUT2D eigenvalue weighted by molar-refractivity contribution is 6.30. The summed E-state index contributed by atoms with van der Waals surface area (Å²) in [6.07, 6.45) is 3.39. The molecule has 0 aliphatic rings. The van der Waals surface area contributed by atoms with Gasteiger partial charge in [-0.2, -0.15) is 0 Å². The van der Waals surface area contributed by atoms with E-state index in [0.29, 0.717) is 29.2 Å². The third kappa shape index (κ3) is 4.67. The molecule has 0 bridgehead atoms. The fourth-order valence-electron chi connectivity index (χ4n) is 2.62. The smallest absolute Gasteiger partial charge is 0.351 e. The van der Waals surface area contributed by atoms with E-state index >= 15 is 0 Å². The van der Waals surface area contributed by atoms with E-state index in [1.54, 1.807) is 48.6 Å². The van der Waals surface area contributed by atoms with Crippen LogP contribution in [0.15, 0.2) is 61.7 Å². The van der Waals surface area contributed by atoms with Crippen molar-refractivity contribution < 1.29 is 19.4 Å². The van der Waals surface area contributed by atoms with Crippen molar-refractivity contribution in [1.29, 1.82) is 0 Å². The molecule has 0 spiro atoms. The second kappa shape index (κ2) is 9.11. The number of allylic oxidation sites excluding steroid dienone is 2. The number of carbonyl (C=O) groups is 1. The van der Waals surface area contributed by atoms with Gasteiger partial charge in [0.1, 0.15) is 11.5 Å². The van der Waals surface area contributed by atoms with E-state index in [9.17, 15) is 9.90 Å². The van der Waals surface area contributed by atoms with Gasteiger partial charge in [0.05, 0.1) is 7.11 Å². The lowest BCUT2D eigenvalue weighted by atomic mass is 10.0. The Morgan fingerprint density at radius 3 is 2.15 bits per heavy atom. The van der Waals surface area contributed by atoms with Crippen molar-refractivity contribution in [1.82, 2.24) is 0 Å². The minimum Gasteiger partial charge on any atom is -0.508 e. The average Bonchev–Trinajstić information content (AvgIpc) is 2.62. The van der Waals surface area contributed by atoms with E-state index in [0.717, 1.165) is 11.1 Å². The number of methoxy groups -OCH3 is 1. The topological polar surface area (TPSA) is 55.8 Å². The fraction of sp³-hybridized carbons (Fsp3) is 0.190. The van der Waals surface area contributed by atoms with E-state index in [4.69, 9.17) is 21.1 Å². The quantitative estimate of drug-likeness (QED) is 0.534. The molecule has 1 N–H and O–H groups in total. The predicted molar refractivity (Wildman–Crippen MR) is 103 cm³/mol. The molecule has 0 fully saturated rings. The SMILES string of the molecule is C=CCc1cc(O)cc(CC=C)c1OC(C(=O)OC)c1ccc(Cl)cc1. The standard InChI is InChI=1S/C21H21ClO4/c1-4-6-15-12-18(23)13-16(7-5-2)19(15)26-20(21(24)25-3)14-8-10-17(22)11-9-14/h4-5,8-13,20,23H,1-2,6-7H2,3H3. The number of halogens is 1. The van der Waals surface area contributed by atoms with Crippen LogP contribution in [0.5, 0.6) is 11.5 Å². The number of benzene rings is 2. The number of hydrogen-bond donors (Lipinski definition) is 1. The van der Waals surface area contributed by atoms with Gasteiger partial charge in [-0.15, -0.1) is 13.2 Å². The molecule has 2 rings (SSSR count). The third-order valence-electron chi connectivity index (χ3n) is 3.78. The van der Waals surface area contributed by atoms with Crippen LogP contribution in [0.3, 0.4) is 0 Å². The predicted octanol–water partition coefficient (Wildman–Crippen LogP) is 4.80. The Morgan fingerprint density at radius 1 is 1.15 bits per heavy atom. The number of rotatable bonds is 8. The normalized spacial score (nSPS) is 11.5. The van der Waals surface area contributed by atoms with Gasteiger partial charge in [0, 0.05) is 21.7 Å². The van der Waals surface area contributed by atoms with E-state index < -0.39 is 12.1 Å². The summed E-state index contributed by atoms with van der Waals surface area (Å²) >= 11 is 5.93. The van der Waals surface area contributed by atoms with Crippen LogP contribution in [0, 0.1) is 0 Å². The highest BCUT2D eigenvalue weighted by Crippen LogP contribution is 2.34.